The predicted octanol–water partition coefficient (Wildman–Crippen LogP) is 6.01. The predicted molar refractivity (Wildman–Crippen MR) is 151 cm³/mol. The maximum atomic E-state index is 7.16. The van der Waals surface area contributed by atoms with E-state index in [1.54, 1.807) is 0 Å². The summed E-state index contributed by atoms with van der Waals surface area (Å²) < 4.78 is 21.7. The number of rotatable bonds is 7. The third-order valence-corrected chi connectivity index (χ3v) is 13.7. The van der Waals surface area contributed by atoms with Crippen molar-refractivity contribution in [3.63, 3.8) is 0 Å². The maximum absolute atomic E-state index is 7.16. The summed E-state index contributed by atoms with van der Waals surface area (Å²) in [5, 5.41) is 7.35. The van der Waals surface area contributed by atoms with Gasteiger partial charge >= 0.3 is 0 Å². The van der Waals surface area contributed by atoms with E-state index in [1.165, 1.54) is 10.4 Å². The highest BCUT2D eigenvalue weighted by Crippen LogP contribution is 2.46. The molecule has 3 aromatic rings. The highest BCUT2D eigenvalue weighted by molar-refractivity contribution is 6.99. The van der Waals surface area contributed by atoms with Gasteiger partial charge in [-0.1, -0.05) is 81.4 Å². The molecule has 0 spiro atoms. The second-order valence-corrected chi connectivity index (χ2v) is 17.1. The highest BCUT2D eigenvalue weighted by atomic mass is 28.4. The molecule has 2 aliphatic rings. The molecule has 1 aliphatic heterocycles. The van der Waals surface area contributed by atoms with E-state index in [2.05, 4.69) is 125 Å². The molecule has 2 heterocycles. The molecule has 0 bridgehead atoms. The first kappa shape index (κ1) is 26.4. The zero-order valence-electron chi connectivity index (χ0n) is 23.4. The van der Waals surface area contributed by atoms with Gasteiger partial charge in [0.25, 0.3) is 8.32 Å². The summed E-state index contributed by atoms with van der Waals surface area (Å²) in [5.41, 5.74) is 0.296. The Morgan fingerprint density at radius 3 is 1.89 bits per heavy atom. The number of hydrogen-bond donors (Lipinski definition) is 0. The Hall–Kier alpha value is -2.25. The molecule has 6 heteroatoms. The number of aromatic nitrogens is 2. The van der Waals surface area contributed by atoms with Crippen molar-refractivity contribution in [1.82, 2.24) is 9.78 Å². The van der Waals surface area contributed by atoms with E-state index in [9.17, 15) is 0 Å². The van der Waals surface area contributed by atoms with Gasteiger partial charge in [-0.25, -0.2) is 0 Å². The minimum atomic E-state index is -2.49. The summed E-state index contributed by atoms with van der Waals surface area (Å²) in [6.07, 6.45) is 5.78. The zero-order chi connectivity index (χ0) is 26.5. The lowest BCUT2D eigenvalue weighted by Gasteiger charge is -2.45. The van der Waals surface area contributed by atoms with Crippen molar-refractivity contribution in [2.24, 2.45) is 5.92 Å². The number of hydrogen-bond acceptors (Lipinski definition) is 4. The molecule has 0 N–H and O–H groups in total. The van der Waals surface area contributed by atoms with Crippen LogP contribution in [0.3, 0.4) is 0 Å². The Balaban J connectivity index is 1.28. The lowest BCUT2D eigenvalue weighted by Crippen LogP contribution is -2.67. The van der Waals surface area contributed by atoms with E-state index in [4.69, 9.17) is 13.9 Å². The molecular formula is C31H42N2O3Si. The molecule has 1 saturated heterocycles. The first-order chi connectivity index (χ1) is 17.4. The fraction of sp³-hybridized carbons (Fsp3) is 0.516. The van der Waals surface area contributed by atoms with Crippen LogP contribution in [-0.2, 0) is 13.9 Å². The van der Waals surface area contributed by atoms with Crippen molar-refractivity contribution in [2.75, 3.05) is 6.61 Å². The van der Waals surface area contributed by atoms with Crippen LogP contribution in [0.25, 0.3) is 0 Å². The quantitative estimate of drug-likeness (QED) is 0.359. The molecular weight excluding hydrogens is 476 g/mol. The molecule has 1 aliphatic carbocycles. The van der Waals surface area contributed by atoms with Crippen molar-refractivity contribution in [3.8, 4) is 0 Å². The first-order valence-corrected chi connectivity index (χ1v) is 15.5. The largest absolute Gasteiger partial charge is 0.407 e. The topological polar surface area (TPSA) is 45.5 Å². The monoisotopic (exact) mass is 518 g/mol. The number of nitrogens with zero attached hydrogens (tertiary/aromatic N) is 2. The van der Waals surface area contributed by atoms with Crippen LogP contribution in [0.5, 0.6) is 0 Å². The summed E-state index contributed by atoms with van der Waals surface area (Å²) in [7, 11) is -2.49. The minimum Gasteiger partial charge on any atom is -0.407 e. The molecule has 5 nitrogen and oxygen atoms in total. The van der Waals surface area contributed by atoms with Crippen LogP contribution < -0.4 is 10.4 Å². The van der Waals surface area contributed by atoms with Crippen LogP contribution in [0, 0.1) is 5.92 Å². The van der Waals surface area contributed by atoms with Crippen LogP contribution in [-0.4, -0.2) is 35.9 Å². The van der Waals surface area contributed by atoms with Crippen LogP contribution in [0.4, 0.5) is 0 Å². The van der Waals surface area contributed by atoms with E-state index in [1.807, 2.05) is 6.20 Å². The molecule has 1 aromatic heterocycles. The van der Waals surface area contributed by atoms with E-state index in [-0.39, 0.29) is 22.5 Å². The van der Waals surface area contributed by atoms with Gasteiger partial charge in [0.1, 0.15) is 0 Å². The lowest BCUT2D eigenvalue weighted by molar-refractivity contribution is -0.0896. The number of benzene rings is 2. The summed E-state index contributed by atoms with van der Waals surface area (Å²) in [6.45, 7) is 16.1. The summed E-state index contributed by atoms with van der Waals surface area (Å²) in [6, 6.07) is 22.2. The van der Waals surface area contributed by atoms with Gasteiger partial charge in [-0.2, -0.15) is 5.10 Å². The molecule has 37 heavy (non-hydrogen) atoms. The number of ether oxygens (including phenoxy) is 2. The Morgan fingerprint density at radius 2 is 1.41 bits per heavy atom. The highest BCUT2D eigenvalue weighted by Gasteiger charge is 2.51. The maximum Gasteiger partial charge on any atom is 0.261 e. The normalized spacial score (nSPS) is 23.6. The van der Waals surface area contributed by atoms with E-state index in [0.717, 1.165) is 25.0 Å². The molecule has 0 radical (unpaired) electrons. The Bertz CT molecular complexity index is 1140. The van der Waals surface area contributed by atoms with Crippen molar-refractivity contribution >= 4 is 18.7 Å². The zero-order valence-corrected chi connectivity index (χ0v) is 24.4. The standard InChI is InChI=1S/C31H42N2O3Si/c1-29(2,3)37(26-14-10-8-11-15-26,27-16-12-9-13-17-27)34-22-23-18-25(19-23)33-21-24(20-32-33)28-35-30(4,5)31(6,7)36-28/h8-17,20-21,23,25,28H,18-19,22H2,1-7H3. The molecule has 198 valence electrons. The van der Waals surface area contributed by atoms with Crippen molar-refractivity contribution in [3.05, 3.63) is 78.6 Å². The second kappa shape index (κ2) is 9.49. The molecule has 1 saturated carbocycles. The molecule has 0 amide bonds. The molecule has 2 fully saturated rings. The van der Waals surface area contributed by atoms with Crippen molar-refractivity contribution < 1.29 is 13.9 Å². The van der Waals surface area contributed by atoms with Gasteiger partial charge in [0.05, 0.1) is 23.4 Å². The third kappa shape index (κ3) is 4.74. The van der Waals surface area contributed by atoms with Gasteiger partial charge in [-0.15, -0.1) is 0 Å². The average molecular weight is 519 g/mol. The van der Waals surface area contributed by atoms with E-state index >= 15 is 0 Å². The molecule has 0 atom stereocenters. The summed E-state index contributed by atoms with van der Waals surface area (Å²) in [5.74, 6) is 0.524. The SMILES string of the molecule is CC1(C)OC(c2cnn(C3CC(CO[Si](c4ccccc4)(c4ccccc4)C(C)(C)C)C3)c2)OC1(C)C. The summed E-state index contributed by atoms with van der Waals surface area (Å²) >= 11 is 0. The second-order valence-electron chi connectivity index (χ2n) is 12.8. The lowest BCUT2D eigenvalue weighted by atomic mass is 9.81. The van der Waals surface area contributed by atoms with Crippen LogP contribution in [0.1, 0.15) is 79.2 Å². The van der Waals surface area contributed by atoms with E-state index in [0.29, 0.717) is 12.0 Å². The van der Waals surface area contributed by atoms with Gasteiger partial charge in [-0.05, 0) is 61.9 Å². The van der Waals surface area contributed by atoms with Crippen LogP contribution in [0.2, 0.25) is 5.04 Å². The van der Waals surface area contributed by atoms with Crippen LogP contribution in [0.15, 0.2) is 73.1 Å². The molecule has 5 rings (SSSR count). The smallest absolute Gasteiger partial charge is 0.261 e. The average Bonchev–Trinajstić information content (AvgIpc) is 3.37. The van der Waals surface area contributed by atoms with Gasteiger partial charge in [0.2, 0.25) is 0 Å². The first-order valence-electron chi connectivity index (χ1n) is 13.6. The van der Waals surface area contributed by atoms with Gasteiger partial charge < -0.3 is 13.9 Å². The van der Waals surface area contributed by atoms with E-state index < -0.39 is 8.32 Å². The van der Waals surface area contributed by atoms with Gasteiger partial charge in [0.15, 0.2) is 6.29 Å². The van der Waals surface area contributed by atoms with Crippen molar-refractivity contribution in [2.45, 2.75) is 89.9 Å². The Labute approximate surface area is 223 Å². The minimum absolute atomic E-state index is 0.00141. The van der Waals surface area contributed by atoms with Gasteiger partial charge in [0, 0.05) is 18.4 Å². The fourth-order valence-corrected chi connectivity index (χ4v) is 10.4. The molecule has 2 aromatic carbocycles. The summed E-state index contributed by atoms with van der Waals surface area (Å²) in [4.78, 5) is 0. The van der Waals surface area contributed by atoms with Gasteiger partial charge in [-0.3, -0.25) is 4.68 Å². The Kier molecular flexibility index (Phi) is 6.76. The molecule has 0 unspecified atom stereocenters. The van der Waals surface area contributed by atoms with Crippen molar-refractivity contribution in [1.29, 1.82) is 0 Å². The van der Waals surface area contributed by atoms with Crippen LogP contribution >= 0.6 is 0 Å². The third-order valence-electron chi connectivity index (χ3n) is 8.68. The fourth-order valence-electron chi connectivity index (χ4n) is 5.71. The Morgan fingerprint density at radius 1 is 0.892 bits per heavy atom.